The Labute approximate surface area is 155 Å². The van der Waals surface area contributed by atoms with Gasteiger partial charge < -0.3 is 10.3 Å². The van der Waals surface area contributed by atoms with Gasteiger partial charge in [-0.2, -0.15) is 0 Å². The average Bonchev–Trinajstić information content (AvgIpc) is 3.09. The molecule has 0 fully saturated rings. The summed E-state index contributed by atoms with van der Waals surface area (Å²) in [6.45, 7) is 0.187. The number of rotatable bonds is 4. The molecule has 4 aromatic rings. The van der Waals surface area contributed by atoms with Gasteiger partial charge in [0.05, 0.1) is 6.54 Å². The van der Waals surface area contributed by atoms with Crippen LogP contribution in [0.2, 0.25) is 0 Å². The van der Waals surface area contributed by atoms with Crippen LogP contribution in [0.1, 0.15) is 16.2 Å². The molecule has 140 valence electrons. The van der Waals surface area contributed by atoms with E-state index in [0.29, 0.717) is 11.3 Å². The van der Waals surface area contributed by atoms with Gasteiger partial charge in [0.1, 0.15) is 11.6 Å². The summed E-state index contributed by atoms with van der Waals surface area (Å²) in [5, 5.41) is 10.2. The zero-order chi connectivity index (χ0) is 19.7. The molecule has 0 saturated heterocycles. The lowest BCUT2D eigenvalue weighted by Gasteiger charge is -2.05. The first-order valence-corrected chi connectivity index (χ1v) is 8.14. The smallest absolute Gasteiger partial charge is 0.291 e. The Bertz CT molecular complexity index is 1220. The van der Waals surface area contributed by atoms with Crippen molar-refractivity contribution in [3.8, 4) is 0 Å². The number of halogens is 2. The van der Waals surface area contributed by atoms with Crippen LogP contribution in [-0.2, 0) is 6.54 Å². The fraction of sp³-hybridized carbons (Fsp3) is 0.0556. The maximum atomic E-state index is 13.1. The lowest BCUT2D eigenvalue weighted by Crippen LogP contribution is -2.21. The van der Waals surface area contributed by atoms with Crippen LogP contribution in [-0.4, -0.2) is 30.9 Å². The third-order valence-corrected chi connectivity index (χ3v) is 3.94. The van der Waals surface area contributed by atoms with Crippen LogP contribution < -0.4 is 10.9 Å². The summed E-state index contributed by atoms with van der Waals surface area (Å²) in [5.74, 6) is -1.74. The van der Waals surface area contributed by atoms with E-state index in [1.54, 1.807) is 12.1 Å². The molecule has 0 saturated carbocycles. The molecular weight excluding hydrogens is 370 g/mol. The van der Waals surface area contributed by atoms with Crippen LogP contribution in [0.25, 0.3) is 11.2 Å². The van der Waals surface area contributed by atoms with E-state index < -0.39 is 17.3 Å². The molecule has 0 aliphatic rings. The number of hydrogen-bond acceptors (Lipinski definition) is 5. The number of H-pyrrole nitrogens is 1. The van der Waals surface area contributed by atoms with E-state index in [1.165, 1.54) is 41.1 Å². The Balaban J connectivity index is 1.66. The second kappa shape index (κ2) is 6.99. The van der Waals surface area contributed by atoms with Crippen LogP contribution >= 0.6 is 0 Å². The van der Waals surface area contributed by atoms with Crippen molar-refractivity contribution < 1.29 is 13.6 Å². The van der Waals surface area contributed by atoms with Crippen molar-refractivity contribution in [1.29, 1.82) is 0 Å². The second-order valence-electron chi connectivity index (χ2n) is 5.92. The number of fused-ring (bicyclic) bond motifs is 1. The zero-order valence-corrected chi connectivity index (χ0v) is 14.2. The highest BCUT2D eigenvalue weighted by molar-refractivity contribution is 6.02. The van der Waals surface area contributed by atoms with Crippen molar-refractivity contribution in [1.82, 2.24) is 25.0 Å². The van der Waals surface area contributed by atoms with Crippen LogP contribution in [0.4, 0.5) is 14.5 Å². The Kier molecular flexibility index (Phi) is 4.36. The third kappa shape index (κ3) is 3.47. The number of carbonyl (C=O) groups excluding carboxylic acids is 1. The van der Waals surface area contributed by atoms with E-state index in [9.17, 15) is 18.4 Å². The Hall–Kier alpha value is -3.95. The van der Waals surface area contributed by atoms with Gasteiger partial charge in [-0.15, -0.1) is 5.10 Å². The first-order valence-electron chi connectivity index (χ1n) is 8.14. The molecule has 2 aromatic heterocycles. The number of nitrogens with zero attached hydrogens (tertiary/aromatic N) is 4. The Morgan fingerprint density at radius 3 is 2.36 bits per heavy atom. The number of amides is 1. The number of aromatic amines is 1. The molecular formula is C18H12F2N6O2. The molecule has 2 heterocycles. The highest BCUT2D eigenvalue weighted by Gasteiger charge is 2.16. The normalized spacial score (nSPS) is 10.9. The second-order valence-corrected chi connectivity index (χ2v) is 5.92. The molecule has 0 aliphatic carbocycles. The lowest BCUT2D eigenvalue weighted by atomic mass is 10.2. The average molecular weight is 382 g/mol. The van der Waals surface area contributed by atoms with Crippen LogP contribution in [0.15, 0.2) is 53.3 Å². The molecule has 10 heteroatoms. The van der Waals surface area contributed by atoms with Crippen LogP contribution in [0.3, 0.4) is 0 Å². The van der Waals surface area contributed by atoms with E-state index >= 15 is 0 Å². The summed E-state index contributed by atoms with van der Waals surface area (Å²) in [7, 11) is 0. The standard InChI is InChI=1S/C18H12F2N6O2/c19-11-3-1-10(2-4-11)9-26-16-14(24-25-26)17(27)23-15(22-16)18(28)21-13-7-5-12(20)6-8-13/h1-8H,9H2,(H,21,28)(H,22,23,27). The van der Waals surface area contributed by atoms with E-state index in [4.69, 9.17) is 0 Å². The molecule has 28 heavy (non-hydrogen) atoms. The molecule has 8 nitrogen and oxygen atoms in total. The Morgan fingerprint density at radius 1 is 1.04 bits per heavy atom. The minimum absolute atomic E-state index is 0.0274. The van der Waals surface area contributed by atoms with Gasteiger partial charge in [-0.05, 0) is 42.0 Å². The lowest BCUT2D eigenvalue weighted by molar-refractivity contribution is 0.101. The van der Waals surface area contributed by atoms with E-state index in [-0.39, 0.29) is 29.4 Å². The predicted molar refractivity (Wildman–Crippen MR) is 95.8 cm³/mol. The van der Waals surface area contributed by atoms with Gasteiger partial charge in [-0.25, -0.2) is 18.4 Å². The minimum atomic E-state index is -0.680. The number of anilines is 1. The molecule has 0 spiro atoms. The first-order chi connectivity index (χ1) is 13.5. The molecule has 0 radical (unpaired) electrons. The monoisotopic (exact) mass is 382 g/mol. The first kappa shape index (κ1) is 17.5. The van der Waals surface area contributed by atoms with Crippen molar-refractivity contribution in [2.75, 3.05) is 5.32 Å². The van der Waals surface area contributed by atoms with Crippen molar-refractivity contribution in [3.05, 3.63) is 81.9 Å². The molecule has 0 unspecified atom stereocenters. The molecule has 0 aliphatic heterocycles. The number of benzene rings is 2. The van der Waals surface area contributed by atoms with Crippen LogP contribution in [0, 0.1) is 11.6 Å². The van der Waals surface area contributed by atoms with Gasteiger partial charge >= 0.3 is 0 Å². The van der Waals surface area contributed by atoms with Gasteiger partial charge in [0.2, 0.25) is 5.82 Å². The van der Waals surface area contributed by atoms with E-state index in [1.807, 2.05) is 0 Å². The van der Waals surface area contributed by atoms with Crippen LogP contribution in [0.5, 0.6) is 0 Å². The summed E-state index contributed by atoms with van der Waals surface area (Å²) in [4.78, 5) is 31.1. The summed E-state index contributed by atoms with van der Waals surface area (Å²) < 4.78 is 27.4. The number of nitrogens with one attached hydrogen (secondary N) is 2. The maximum absolute atomic E-state index is 13.1. The van der Waals surface area contributed by atoms with Crippen molar-refractivity contribution >= 4 is 22.8 Å². The predicted octanol–water partition coefficient (Wildman–Crippen LogP) is 2.09. The SMILES string of the molecule is O=C(Nc1ccc(F)cc1)c1nc2c(nnn2Cc2ccc(F)cc2)c(=O)[nH]1. The topological polar surface area (TPSA) is 106 Å². The zero-order valence-electron chi connectivity index (χ0n) is 14.2. The summed E-state index contributed by atoms with van der Waals surface area (Å²) in [5.41, 5.74) is 0.511. The fourth-order valence-electron chi connectivity index (χ4n) is 2.57. The molecule has 4 rings (SSSR count). The molecule has 2 N–H and O–H groups in total. The quantitative estimate of drug-likeness (QED) is 0.562. The summed E-state index contributed by atoms with van der Waals surface area (Å²) in [6.07, 6.45) is 0. The maximum Gasteiger partial charge on any atom is 0.291 e. The number of carbonyl (C=O) groups is 1. The number of aromatic nitrogens is 5. The molecule has 1 amide bonds. The summed E-state index contributed by atoms with van der Waals surface area (Å²) >= 11 is 0. The van der Waals surface area contributed by atoms with Gasteiger partial charge in [0.15, 0.2) is 11.2 Å². The number of hydrogen-bond donors (Lipinski definition) is 2. The van der Waals surface area contributed by atoms with E-state index in [0.717, 1.165) is 0 Å². The Morgan fingerprint density at radius 2 is 1.68 bits per heavy atom. The van der Waals surface area contributed by atoms with Crippen molar-refractivity contribution in [2.24, 2.45) is 0 Å². The molecule has 2 aromatic carbocycles. The van der Waals surface area contributed by atoms with Crippen molar-refractivity contribution in [2.45, 2.75) is 6.54 Å². The molecule has 0 atom stereocenters. The highest BCUT2D eigenvalue weighted by Crippen LogP contribution is 2.11. The summed E-state index contributed by atoms with van der Waals surface area (Å²) in [6, 6.07) is 10.9. The largest absolute Gasteiger partial charge is 0.319 e. The van der Waals surface area contributed by atoms with Gasteiger partial charge in [0, 0.05) is 5.69 Å². The minimum Gasteiger partial charge on any atom is -0.319 e. The van der Waals surface area contributed by atoms with E-state index in [2.05, 4.69) is 25.6 Å². The highest BCUT2D eigenvalue weighted by atomic mass is 19.1. The van der Waals surface area contributed by atoms with Crippen molar-refractivity contribution in [3.63, 3.8) is 0 Å². The fourth-order valence-corrected chi connectivity index (χ4v) is 2.57. The van der Waals surface area contributed by atoms with Gasteiger partial charge in [-0.3, -0.25) is 9.59 Å². The third-order valence-electron chi connectivity index (χ3n) is 3.94. The van der Waals surface area contributed by atoms with Gasteiger partial charge in [-0.1, -0.05) is 17.3 Å². The van der Waals surface area contributed by atoms with Gasteiger partial charge in [0.25, 0.3) is 11.5 Å². The molecule has 0 bridgehead atoms.